The summed E-state index contributed by atoms with van der Waals surface area (Å²) in [6, 6.07) is 12.2. The number of carbonyl (C=O) groups is 2. The highest BCUT2D eigenvalue weighted by molar-refractivity contribution is 5.91. The van der Waals surface area contributed by atoms with Crippen molar-refractivity contribution in [1.82, 2.24) is 9.80 Å². The van der Waals surface area contributed by atoms with Gasteiger partial charge in [-0.1, -0.05) is 24.3 Å². The molecule has 2 fully saturated rings. The van der Waals surface area contributed by atoms with Crippen LogP contribution in [0.1, 0.15) is 66.1 Å². The zero-order chi connectivity index (χ0) is 19.8. The minimum Gasteiger partial charge on any atom is -0.459 e. The largest absolute Gasteiger partial charge is 0.459 e. The lowest BCUT2D eigenvalue weighted by molar-refractivity contribution is -0.130. The Hall–Kier alpha value is -2.56. The van der Waals surface area contributed by atoms with E-state index in [9.17, 15) is 9.59 Å². The number of hydrogen-bond donors (Lipinski definition) is 0. The van der Waals surface area contributed by atoms with Gasteiger partial charge in [0.25, 0.3) is 5.91 Å². The van der Waals surface area contributed by atoms with Gasteiger partial charge in [0.15, 0.2) is 5.76 Å². The van der Waals surface area contributed by atoms with Crippen LogP contribution in [0.3, 0.4) is 0 Å². The molecule has 5 heteroatoms. The standard InChI is InChI=1S/C24H28N2O3/c27-22(25-11-3-4-12-25)16-18-17-24(20-7-2-1-6-19(18)20)9-13-26(14-10-24)23(28)21-8-5-15-29-21/h1-2,5-8,15,18H,3-4,9-14,16-17H2/t18-/m0/s1. The lowest BCUT2D eigenvalue weighted by atomic mass is 9.73. The molecule has 0 saturated carbocycles. The van der Waals surface area contributed by atoms with E-state index in [0.717, 1.165) is 58.3 Å². The molecule has 1 aromatic carbocycles. The molecule has 1 atom stereocenters. The average molecular weight is 392 g/mol. The summed E-state index contributed by atoms with van der Waals surface area (Å²) in [5.41, 5.74) is 2.85. The Morgan fingerprint density at radius 3 is 2.45 bits per heavy atom. The SMILES string of the molecule is O=C(C[C@H]1CC2(CCN(C(=O)c3ccco3)CC2)c2ccccc21)N1CCCC1. The number of fused-ring (bicyclic) bond motifs is 2. The van der Waals surface area contributed by atoms with Crippen LogP contribution in [0, 0.1) is 0 Å². The normalized spacial score (nSPS) is 22.8. The molecule has 2 amide bonds. The number of hydrogen-bond acceptors (Lipinski definition) is 3. The summed E-state index contributed by atoms with van der Waals surface area (Å²) in [6.45, 7) is 3.31. The van der Waals surface area contributed by atoms with E-state index in [4.69, 9.17) is 4.42 Å². The molecule has 3 heterocycles. The van der Waals surface area contributed by atoms with Crippen molar-refractivity contribution in [2.24, 2.45) is 0 Å². The second-order valence-electron chi connectivity index (χ2n) is 8.83. The van der Waals surface area contributed by atoms with Gasteiger partial charge in [-0.3, -0.25) is 9.59 Å². The highest BCUT2D eigenvalue weighted by atomic mass is 16.3. The fourth-order valence-corrected chi connectivity index (χ4v) is 5.68. The molecule has 1 spiro atoms. The Kier molecular flexibility index (Phi) is 4.69. The number of carbonyl (C=O) groups excluding carboxylic acids is 2. The first-order chi connectivity index (χ1) is 14.2. The summed E-state index contributed by atoms with van der Waals surface area (Å²) in [6.07, 6.45) is 7.36. The minimum absolute atomic E-state index is 0.0168. The van der Waals surface area contributed by atoms with Crippen molar-refractivity contribution in [3.63, 3.8) is 0 Å². The Bertz CT molecular complexity index is 891. The van der Waals surface area contributed by atoms with Crippen LogP contribution in [0.4, 0.5) is 0 Å². The van der Waals surface area contributed by atoms with Gasteiger partial charge in [-0.25, -0.2) is 0 Å². The third-order valence-electron chi connectivity index (χ3n) is 7.23. The molecular weight excluding hydrogens is 364 g/mol. The topological polar surface area (TPSA) is 53.8 Å². The summed E-state index contributed by atoms with van der Waals surface area (Å²) in [5.74, 6) is 1.01. The molecule has 3 aliphatic rings. The van der Waals surface area contributed by atoms with E-state index in [-0.39, 0.29) is 11.3 Å². The zero-order valence-corrected chi connectivity index (χ0v) is 16.8. The van der Waals surface area contributed by atoms with Crippen molar-refractivity contribution < 1.29 is 14.0 Å². The molecule has 5 rings (SSSR count). The third-order valence-corrected chi connectivity index (χ3v) is 7.23. The van der Waals surface area contributed by atoms with Gasteiger partial charge < -0.3 is 14.2 Å². The second-order valence-corrected chi connectivity index (χ2v) is 8.83. The summed E-state index contributed by atoms with van der Waals surface area (Å²) in [4.78, 5) is 29.4. The number of nitrogens with zero attached hydrogens (tertiary/aromatic N) is 2. The predicted molar refractivity (Wildman–Crippen MR) is 110 cm³/mol. The summed E-state index contributed by atoms with van der Waals surface area (Å²) in [5, 5.41) is 0. The van der Waals surface area contributed by atoms with Gasteiger partial charge >= 0.3 is 0 Å². The quantitative estimate of drug-likeness (QED) is 0.795. The van der Waals surface area contributed by atoms with Crippen molar-refractivity contribution in [3.8, 4) is 0 Å². The highest BCUT2D eigenvalue weighted by Gasteiger charge is 2.46. The van der Waals surface area contributed by atoms with E-state index in [0.29, 0.717) is 24.0 Å². The summed E-state index contributed by atoms with van der Waals surface area (Å²) < 4.78 is 5.30. The lowest BCUT2D eigenvalue weighted by Gasteiger charge is -2.40. The maximum Gasteiger partial charge on any atom is 0.289 e. The molecule has 1 aromatic heterocycles. The number of likely N-dealkylation sites (tertiary alicyclic amines) is 2. The van der Waals surface area contributed by atoms with Gasteiger partial charge in [0.2, 0.25) is 5.91 Å². The van der Waals surface area contributed by atoms with E-state index in [2.05, 4.69) is 24.3 Å². The smallest absolute Gasteiger partial charge is 0.289 e. The number of amides is 2. The van der Waals surface area contributed by atoms with Crippen molar-refractivity contribution >= 4 is 11.8 Å². The van der Waals surface area contributed by atoms with Crippen LogP contribution >= 0.6 is 0 Å². The van der Waals surface area contributed by atoms with Crippen LogP contribution in [-0.4, -0.2) is 47.8 Å². The van der Waals surface area contributed by atoms with Crippen LogP contribution in [0.5, 0.6) is 0 Å². The molecule has 1 aliphatic carbocycles. The monoisotopic (exact) mass is 392 g/mol. The number of benzene rings is 1. The molecule has 2 aliphatic heterocycles. The van der Waals surface area contributed by atoms with E-state index < -0.39 is 0 Å². The fourth-order valence-electron chi connectivity index (χ4n) is 5.68. The van der Waals surface area contributed by atoms with Crippen molar-refractivity contribution in [1.29, 1.82) is 0 Å². The van der Waals surface area contributed by atoms with Crippen LogP contribution < -0.4 is 0 Å². The first-order valence-corrected chi connectivity index (χ1v) is 10.9. The van der Waals surface area contributed by atoms with Crippen molar-refractivity contribution in [2.75, 3.05) is 26.2 Å². The molecular formula is C24H28N2O3. The van der Waals surface area contributed by atoms with E-state index in [1.54, 1.807) is 18.4 Å². The number of furan rings is 1. The van der Waals surface area contributed by atoms with E-state index in [1.165, 1.54) is 11.1 Å². The molecule has 0 unspecified atom stereocenters. The molecule has 152 valence electrons. The van der Waals surface area contributed by atoms with E-state index >= 15 is 0 Å². The van der Waals surface area contributed by atoms with Crippen LogP contribution in [-0.2, 0) is 10.2 Å². The molecule has 2 saturated heterocycles. The Labute approximate surface area is 171 Å². The maximum absolute atomic E-state index is 12.8. The van der Waals surface area contributed by atoms with Gasteiger partial charge in [-0.2, -0.15) is 0 Å². The zero-order valence-electron chi connectivity index (χ0n) is 16.8. The molecule has 5 nitrogen and oxygen atoms in total. The molecule has 0 bridgehead atoms. The lowest BCUT2D eigenvalue weighted by Crippen LogP contribution is -2.44. The minimum atomic E-state index is -0.0168. The predicted octanol–water partition coefficient (Wildman–Crippen LogP) is 3.95. The third kappa shape index (κ3) is 3.26. The first-order valence-electron chi connectivity index (χ1n) is 10.9. The Morgan fingerprint density at radius 1 is 0.966 bits per heavy atom. The maximum atomic E-state index is 12.8. The summed E-state index contributed by atoms with van der Waals surface area (Å²) >= 11 is 0. The molecule has 2 aromatic rings. The van der Waals surface area contributed by atoms with Gasteiger partial charge in [-0.05, 0) is 66.7 Å². The molecule has 0 N–H and O–H groups in total. The molecule has 29 heavy (non-hydrogen) atoms. The Morgan fingerprint density at radius 2 is 1.72 bits per heavy atom. The Balaban J connectivity index is 1.32. The van der Waals surface area contributed by atoms with Crippen LogP contribution in [0.2, 0.25) is 0 Å². The van der Waals surface area contributed by atoms with Crippen molar-refractivity contribution in [3.05, 3.63) is 59.5 Å². The van der Waals surface area contributed by atoms with Gasteiger partial charge in [0.1, 0.15) is 0 Å². The van der Waals surface area contributed by atoms with Crippen LogP contribution in [0.15, 0.2) is 47.1 Å². The summed E-state index contributed by atoms with van der Waals surface area (Å²) in [7, 11) is 0. The van der Waals surface area contributed by atoms with Crippen molar-refractivity contribution in [2.45, 2.75) is 49.9 Å². The first kappa shape index (κ1) is 18.5. The van der Waals surface area contributed by atoms with Gasteiger partial charge in [-0.15, -0.1) is 0 Å². The second kappa shape index (κ2) is 7.36. The van der Waals surface area contributed by atoms with Crippen LogP contribution in [0.25, 0.3) is 0 Å². The average Bonchev–Trinajstić information content (AvgIpc) is 3.51. The van der Waals surface area contributed by atoms with Gasteiger partial charge in [0, 0.05) is 32.6 Å². The number of piperidine rings is 1. The molecule has 0 radical (unpaired) electrons. The number of rotatable bonds is 3. The van der Waals surface area contributed by atoms with E-state index in [1.807, 2.05) is 9.80 Å². The fraction of sp³-hybridized carbons (Fsp3) is 0.500. The van der Waals surface area contributed by atoms with Gasteiger partial charge in [0.05, 0.1) is 6.26 Å². The highest BCUT2D eigenvalue weighted by Crippen LogP contribution is 2.52.